The van der Waals surface area contributed by atoms with Crippen LogP contribution in [0.3, 0.4) is 0 Å². The van der Waals surface area contributed by atoms with Gasteiger partial charge in [0, 0.05) is 30.3 Å². The first-order chi connectivity index (χ1) is 18.7. The van der Waals surface area contributed by atoms with Crippen molar-refractivity contribution in [1.29, 1.82) is 0 Å². The van der Waals surface area contributed by atoms with Gasteiger partial charge in [0.2, 0.25) is 10.0 Å². The molecule has 39 heavy (non-hydrogen) atoms. The molecule has 2 aliphatic rings. The van der Waals surface area contributed by atoms with Crippen molar-refractivity contribution < 1.29 is 27.5 Å². The van der Waals surface area contributed by atoms with Gasteiger partial charge in [0.05, 0.1) is 25.1 Å². The lowest BCUT2D eigenvalue weighted by atomic mass is 10.0. The Labute approximate surface area is 230 Å². The van der Waals surface area contributed by atoms with Crippen LogP contribution in [0.5, 0.6) is 5.75 Å². The molecule has 208 valence electrons. The molecule has 2 aromatic carbocycles. The van der Waals surface area contributed by atoms with E-state index in [0.29, 0.717) is 30.1 Å². The lowest BCUT2D eigenvalue weighted by Crippen LogP contribution is -2.42. The Morgan fingerprint density at radius 3 is 2.59 bits per heavy atom. The van der Waals surface area contributed by atoms with E-state index in [1.807, 2.05) is 38.1 Å². The Morgan fingerprint density at radius 1 is 1.13 bits per heavy atom. The molecule has 0 radical (unpaired) electrons. The monoisotopic (exact) mass is 553 g/mol. The fourth-order valence-electron chi connectivity index (χ4n) is 5.01. The molecule has 1 fully saturated rings. The number of amides is 1. The molecule has 4 rings (SSSR count). The number of nitrogens with one attached hydrogen (secondary N) is 1. The number of para-hydroxylation sites is 1. The van der Waals surface area contributed by atoms with Crippen LogP contribution in [0, 0.1) is 0 Å². The standard InChI is InChI=1S/C29H35N3O6S/c1-5-22-27(29(34)38-6-2)24(17-20-12-7-8-13-23(20)30-22)31-28(33)21-14-15-25(37-4)26(18-21)39(35,36)32-16-10-9-11-19(32)3/h7-8,12-15,18-19H,5-6,9-11,16-17H2,1-4H3,(H,31,33). The second kappa shape index (κ2) is 12.1. The number of hydrogen-bond acceptors (Lipinski definition) is 7. The van der Waals surface area contributed by atoms with Crippen LogP contribution in [0.2, 0.25) is 0 Å². The second-order valence-corrected chi connectivity index (χ2v) is 11.4. The van der Waals surface area contributed by atoms with E-state index < -0.39 is 21.9 Å². The third-order valence-corrected chi connectivity index (χ3v) is 9.07. The van der Waals surface area contributed by atoms with Crippen LogP contribution >= 0.6 is 0 Å². The maximum absolute atomic E-state index is 13.6. The zero-order valence-electron chi connectivity index (χ0n) is 22.8. The van der Waals surface area contributed by atoms with E-state index in [-0.39, 0.29) is 40.9 Å². The molecule has 1 N–H and O–H groups in total. The van der Waals surface area contributed by atoms with Gasteiger partial charge >= 0.3 is 5.97 Å². The summed E-state index contributed by atoms with van der Waals surface area (Å²) in [6.45, 7) is 6.07. The number of esters is 1. The lowest BCUT2D eigenvalue weighted by molar-refractivity contribution is -0.137. The maximum Gasteiger partial charge on any atom is 0.341 e. The van der Waals surface area contributed by atoms with Crippen LogP contribution in [0.15, 0.2) is 63.6 Å². The highest BCUT2D eigenvalue weighted by molar-refractivity contribution is 7.89. The quantitative estimate of drug-likeness (QED) is 0.480. The van der Waals surface area contributed by atoms with E-state index in [1.54, 1.807) is 6.92 Å². The molecule has 0 aromatic heterocycles. The van der Waals surface area contributed by atoms with Gasteiger partial charge in [-0.25, -0.2) is 13.2 Å². The minimum atomic E-state index is -3.91. The molecule has 2 heterocycles. The number of fused-ring (bicyclic) bond motifs is 1. The molecular weight excluding hydrogens is 518 g/mol. The number of rotatable bonds is 8. The van der Waals surface area contributed by atoms with Crippen molar-refractivity contribution in [2.45, 2.75) is 63.8 Å². The normalized spacial score (nSPS) is 18.1. The van der Waals surface area contributed by atoms with Gasteiger partial charge in [-0.05, 0) is 62.9 Å². The van der Waals surface area contributed by atoms with Crippen molar-refractivity contribution in [2.24, 2.45) is 4.99 Å². The smallest absolute Gasteiger partial charge is 0.341 e. The van der Waals surface area contributed by atoms with E-state index in [0.717, 1.165) is 24.8 Å². The van der Waals surface area contributed by atoms with Crippen molar-refractivity contribution in [1.82, 2.24) is 9.62 Å². The summed E-state index contributed by atoms with van der Waals surface area (Å²) < 4.78 is 39.5. The Hall–Kier alpha value is -3.50. The van der Waals surface area contributed by atoms with Crippen LogP contribution in [0.1, 0.15) is 62.4 Å². The molecule has 1 amide bonds. The number of methoxy groups -OCH3 is 1. The largest absolute Gasteiger partial charge is 0.495 e. The first kappa shape index (κ1) is 28.5. The molecular formula is C29H35N3O6S. The van der Waals surface area contributed by atoms with Crippen molar-refractivity contribution in [2.75, 3.05) is 20.3 Å². The van der Waals surface area contributed by atoms with Crippen molar-refractivity contribution in [3.05, 3.63) is 64.9 Å². The maximum atomic E-state index is 13.6. The van der Waals surface area contributed by atoms with Gasteiger partial charge in [-0.1, -0.05) is 31.5 Å². The number of ether oxygens (including phenoxy) is 2. The lowest BCUT2D eigenvalue weighted by Gasteiger charge is -2.32. The number of benzene rings is 2. The van der Waals surface area contributed by atoms with E-state index in [1.165, 1.54) is 29.6 Å². The number of hydrogen-bond donors (Lipinski definition) is 1. The molecule has 10 heteroatoms. The molecule has 0 saturated carbocycles. The van der Waals surface area contributed by atoms with Crippen molar-refractivity contribution in [3.8, 4) is 5.75 Å². The van der Waals surface area contributed by atoms with Gasteiger partial charge in [-0.15, -0.1) is 0 Å². The Balaban J connectivity index is 1.75. The number of sulfonamides is 1. The number of piperidine rings is 1. The highest BCUT2D eigenvalue weighted by atomic mass is 32.2. The summed E-state index contributed by atoms with van der Waals surface area (Å²) in [7, 11) is -2.51. The fourth-order valence-corrected chi connectivity index (χ4v) is 6.90. The molecule has 2 aliphatic heterocycles. The van der Waals surface area contributed by atoms with E-state index >= 15 is 0 Å². The van der Waals surface area contributed by atoms with Crippen LogP contribution in [0.25, 0.3) is 0 Å². The minimum absolute atomic E-state index is 0.0620. The van der Waals surface area contributed by atoms with Crippen LogP contribution in [0.4, 0.5) is 5.69 Å². The van der Waals surface area contributed by atoms with E-state index in [2.05, 4.69) is 5.32 Å². The number of nitrogens with zero attached hydrogens (tertiary/aromatic N) is 2. The predicted molar refractivity (Wildman–Crippen MR) is 149 cm³/mol. The third-order valence-electron chi connectivity index (χ3n) is 7.04. The fraction of sp³-hybridized carbons (Fsp3) is 0.414. The molecule has 0 aliphatic carbocycles. The summed E-state index contributed by atoms with van der Waals surface area (Å²) in [5.41, 5.74) is 2.76. The molecule has 1 unspecified atom stereocenters. The Bertz CT molecular complexity index is 1430. The molecule has 0 spiro atoms. The number of allylic oxidation sites excluding steroid dienone is 1. The predicted octanol–water partition coefficient (Wildman–Crippen LogP) is 4.54. The number of carbonyl (C=O) groups is 2. The van der Waals surface area contributed by atoms with Gasteiger partial charge in [0.1, 0.15) is 16.2 Å². The van der Waals surface area contributed by atoms with Gasteiger partial charge in [0.15, 0.2) is 0 Å². The van der Waals surface area contributed by atoms with E-state index in [9.17, 15) is 18.0 Å². The zero-order valence-corrected chi connectivity index (χ0v) is 23.6. The summed E-state index contributed by atoms with van der Waals surface area (Å²) in [5.74, 6) is -0.953. The Kier molecular flexibility index (Phi) is 8.87. The Morgan fingerprint density at radius 2 is 1.90 bits per heavy atom. The average molecular weight is 554 g/mol. The highest BCUT2D eigenvalue weighted by Crippen LogP contribution is 2.33. The number of aliphatic imine (C=N–C) groups is 1. The van der Waals surface area contributed by atoms with E-state index in [4.69, 9.17) is 14.5 Å². The highest BCUT2D eigenvalue weighted by Gasteiger charge is 2.34. The van der Waals surface area contributed by atoms with Crippen LogP contribution in [-0.4, -0.2) is 56.6 Å². The first-order valence-corrected chi connectivity index (χ1v) is 14.7. The molecule has 1 atom stereocenters. The third kappa shape index (κ3) is 5.91. The molecule has 0 bridgehead atoms. The summed E-state index contributed by atoms with van der Waals surface area (Å²) in [4.78, 5) is 31.3. The van der Waals surface area contributed by atoms with Crippen molar-refractivity contribution in [3.63, 3.8) is 0 Å². The summed E-state index contributed by atoms with van der Waals surface area (Å²) in [6.07, 6.45) is 3.21. The topological polar surface area (TPSA) is 114 Å². The van der Waals surface area contributed by atoms with Crippen LogP contribution < -0.4 is 10.1 Å². The molecule has 9 nitrogen and oxygen atoms in total. The van der Waals surface area contributed by atoms with Gasteiger partial charge < -0.3 is 14.8 Å². The summed E-state index contributed by atoms with van der Waals surface area (Å²) in [5, 5.41) is 2.88. The SMILES string of the molecule is CCOC(=O)C1=C(NC(=O)c2ccc(OC)c(S(=O)(=O)N3CCCCC3C)c2)Cc2ccccc2N=C1CC. The molecule has 1 saturated heterocycles. The van der Waals surface area contributed by atoms with Crippen molar-refractivity contribution >= 4 is 33.3 Å². The minimum Gasteiger partial charge on any atom is -0.495 e. The summed E-state index contributed by atoms with van der Waals surface area (Å²) >= 11 is 0. The number of carbonyl (C=O) groups excluding carboxylic acids is 2. The van der Waals surface area contributed by atoms with Gasteiger partial charge in [-0.2, -0.15) is 4.31 Å². The first-order valence-electron chi connectivity index (χ1n) is 13.3. The molecule has 2 aromatic rings. The van der Waals surface area contributed by atoms with Crippen LogP contribution in [-0.2, 0) is 26.0 Å². The zero-order chi connectivity index (χ0) is 28.2. The second-order valence-electron chi connectivity index (χ2n) is 9.57. The average Bonchev–Trinajstić information content (AvgIpc) is 3.09. The van der Waals surface area contributed by atoms with Gasteiger partial charge in [0.25, 0.3) is 5.91 Å². The summed E-state index contributed by atoms with van der Waals surface area (Å²) in [6, 6.07) is 11.7. The van der Waals surface area contributed by atoms with Gasteiger partial charge in [-0.3, -0.25) is 9.79 Å².